The molecule has 0 amide bonds. The summed E-state index contributed by atoms with van der Waals surface area (Å²) < 4.78 is 44.8. The number of carbonyl (C=O) groups excluding carboxylic acids is 1. The van der Waals surface area contributed by atoms with Gasteiger partial charge in [-0.3, -0.25) is 0 Å². The van der Waals surface area contributed by atoms with Crippen LogP contribution in [0.25, 0.3) is 22.2 Å². The number of aromatic nitrogens is 1. The lowest BCUT2D eigenvalue weighted by atomic mass is 10.1. The van der Waals surface area contributed by atoms with Gasteiger partial charge in [0.05, 0.1) is 28.9 Å². The molecule has 3 nitrogen and oxygen atoms in total. The molecule has 1 heterocycles. The van der Waals surface area contributed by atoms with Gasteiger partial charge in [-0.15, -0.1) is 0 Å². The summed E-state index contributed by atoms with van der Waals surface area (Å²) in [6, 6.07) is 6.73. The number of rotatable bonds is 2. The zero-order chi connectivity index (χ0) is 17.4. The third-order valence-corrected chi connectivity index (χ3v) is 3.76. The SMILES string of the molecule is COC(=O)c1cc(F)cc2c(Cl)cc(-c3ccc(F)c(F)c3)nc12. The number of methoxy groups -OCH3 is 1. The van der Waals surface area contributed by atoms with E-state index in [-0.39, 0.29) is 32.7 Å². The zero-order valence-corrected chi connectivity index (χ0v) is 13.0. The van der Waals surface area contributed by atoms with Gasteiger partial charge in [0.2, 0.25) is 0 Å². The number of halogens is 4. The second kappa shape index (κ2) is 6.13. The van der Waals surface area contributed by atoms with Crippen LogP contribution in [0, 0.1) is 17.5 Å². The van der Waals surface area contributed by atoms with Crippen molar-refractivity contribution in [1.29, 1.82) is 0 Å². The van der Waals surface area contributed by atoms with E-state index in [0.29, 0.717) is 0 Å². The smallest absolute Gasteiger partial charge is 0.340 e. The molecule has 0 spiro atoms. The molecular weight excluding hydrogens is 343 g/mol. The maximum Gasteiger partial charge on any atom is 0.340 e. The number of esters is 1. The minimum atomic E-state index is -1.04. The second-order valence-corrected chi connectivity index (χ2v) is 5.37. The Labute approximate surface area is 139 Å². The Hall–Kier alpha value is -2.60. The highest BCUT2D eigenvalue weighted by Crippen LogP contribution is 2.31. The Bertz CT molecular complexity index is 976. The maximum atomic E-state index is 13.7. The van der Waals surface area contributed by atoms with Crippen molar-refractivity contribution < 1.29 is 22.7 Å². The molecule has 0 N–H and O–H groups in total. The summed E-state index contributed by atoms with van der Waals surface area (Å²) in [6.45, 7) is 0. The fourth-order valence-corrected chi connectivity index (χ4v) is 2.57. The largest absolute Gasteiger partial charge is 0.465 e. The highest BCUT2D eigenvalue weighted by molar-refractivity contribution is 6.36. The van der Waals surface area contributed by atoms with Gasteiger partial charge in [-0.2, -0.15) is 0 Å². The Morgan fingerprint density at radius 3 is 2.50 bits per heavy atom. The first-order chi connectivity index (χ1) is 11.4. The van der Waals surface area contributed by atoms with E-state index < -0.39 is 23.4 Å². The predicted molar refractivity (Wildman–Crippen MR) is 83.4 cm³/mol. The number of carbonyl (C=O) groups is 1. The number of hydrogen-bond acceptors (Lipinski definition) is 3. The first-order valence-electron chi connectivity index (χ1n) is 6.74. The van der Waals surface area contributed by atoms with Gasteiger partial charge in [-0.05, 0) is 36.4 Å². The molecule has 3 aromatic rings. The van der Waals surface area contributed by atoms with Gasteiger partial charge in [0.25, 0.3) is 0 Å². The van der Waals surface area contributed by atoms with Crippen molar-refractivity contribution in [2.75, 3.05) is 7.11 Å². The van der Waals surface area contributed by atoms with Gasteiger partial charge in [0.1, 0.15) is 5.82 Å². The molecule has 0 saturated heterocycles. The molecule has 0 radical (unpaired) electrons. The van der Waals surface area contributed by atoms with Crippen molar-refractivity contribution in [1.82, 2.24) is 4.98 Å². The molecule has 122 valence electrons. The van der Waals surface area contributed by atoms with Crippen LogP contribution in [0.2, 0.25) is 5.02 Å². The average molecular weight is 352 g/mol. The number of pyridine rings is 1. The van der Waals surface area contributed by atoms with E-state index in [1.807, 2.05) is 0 Å². The number of hydrogen-bond donors (Lipinski definition) is 0. The number of fused-ring (bicyclic) bond motifs is 1. The molecule has 3 rings (SSSR count). The fraction of sp³-hybridized carbons (Fsp3) is 0.0588. The lowest BCUT2D eigenvalue weighted by molar-refractivity contribution is 0.0602. The van der Waals surface area contributed by atoms with Crippen molar-refractivity contribution >= 4 is 28.5 Å². The van der Waals surface area contributed by atoms with E-state index in [1.54, 1.807) is 0 Å². The normalized spacial score (nSPS) is 10.9. The molecule has 1 aromatic heterocycles. The lowest BCUT2D eigenvalue weighted by Gasteiger charge is -2.09. The highest BCUT2D eigenvalue weighted by Gasteiger charge is 2.17. The van der Waals surface area contributed by atoms with Gasteiger partial charge in [-0.1, -0.05) is 11.6 Å². The van der Waals surface area contributed by atoms with Crippen molar-refractivity contribution in [3.63, 3.8) is 0 Å². The van der Waals surface area contributed by atoms with E-state index in [9.17, 15) is 18.0 Å². The highest BCUT2D eigenvalue weighted by atomic mass is 35.5. The Kier molecular flexibility index (Phi) is 4.15. The minimum Gasteiger partial charge on any atom is -0.465 e. The van der Waals surface area contributed by atoms with Gasteiger partial charge < -0.3 is 4.74 Å². The van der Waals surface area contributed by atoms with Crippen molar-refractivity contribution in [3.8, 4) is 11.3 Å². The van der Waals surface area contributed by atoms with Gasteiger partial charge in [-0.25, -0.2) is 22.9 Å². The summed E-state index contributed by atoms with van der Waals surface area (Å²) in [5, 5.41) is 0.327. The summed E-state index contributed by atoms with van der Waals surface area (Å²) in [5.41, 5.74) is 0.468. The summed E-state index contributed by atoms with van der Waals surface area (Å²) in [5.74, 6) is -3.50. The van der Waals surface area contributed by atoms with E-state index in [2.05, 4.69) is 9.72 Å². The van der Waals surface area contributed by atoms with Crippen molar-refractivity contribution in [3.05, 3.63) is 64.4 Å². The average Bonchev–Trinajstić information content (AvgIpc) is 2.56. The molecule has 7 heteroatoms. The van der Waals surface area contributed by atoms with E-state index in [4.69, 9.17) is 11.6 Å². The van der Waals surface area contributed by atoms with Crippen LogP contribution < -0.4 is 0 Å². The molecule has 0 fully saturated rings. The molecule has 0 saturated carbocycles. The van der Waals surface area contributed by atoms with E-state index in [0.717, 1.165) is 31.4 Å². The van der Waals surface area contributed by atoms with Gasteiger partial charge in [0, 0.05) is 10.9 Å². The van der Waals surface area contributed by atoms with Crippen LogP contribution in [0.5, 0.6) is 0 Å². The Balaban J connectivity index is 2.30. The maximum absolute atomic E-state index is 13.7. The van der Waals surface area contributed by atoms with Crippen molar-refractivity contribution in [2.24, 2.45) is 0 Å². The molecule has 0 aliphatic rings. The van der Waals surface area contributed by atoms with Gasteiger partial charge >= 0.3 is 5.97 Å². The van der Waals surface area contributed by atoms with E-state index >= 15 is 0 Å². The van der Waals surface area contributed by atoms with Crippen LogP contribution in [0.1, 0.15) is 10.4 Å². The summed E-state index contributed by atoms with van der Waals surface area (Å²) in [7, 11) is 1.15. The fourth-order valence-electron chi connectivity index (χ4n) is 2.32. The molecule has 0 bridgehead atoms. The van der Waals surface area contributed by atoms with Crippen LogP contribution in [-0.2, 0) is 4.74 Å². The molecule has 2 aromatic carbocycles. The second-order valence-electron chi connectivity index (χ2n) is 4.96. The molecule has 0 aliphatic heterocycles. The van der Waals surface area contributed by atoms with E-state index in [1.165, 1.54) is 12.1 Å². The molecule has 0 aliphatic carbocycles. The number of nitrogens with zero attached hydrogens (tertiary/aromatic N) is 1. The number of ether oxygens (including phenoxy) is 1. The summed E-state index contributed by atoms with van der Waals surface area (Å²) >= 11 is 6.15. The van der Waals surface area contributed by atoms with Crippen molar-refractivity contribution in [2.45, 2.75) is 0 Å². The first kappa shape index (κ1) is 16.3. The quantitative estimate of drug-likeness (QED) is 0.625. The van der Waals surface area contributed by atoms with Crippen LogP contribution in [0.4, 0.5) is 13.2 Å². The summed E-state index contributed by atoms with van der Waals surface area (Å²) in [4.78, 5) is 16.1. The van der Waals surface area contributed by atoms with Gasteiger partial charge in [0.15, 0.2) is 11.6 Å². The predicted octanol–water partition coefficient (Wildman–Crippen LogP) is 4.76. The molecule has 24 heavy (non-hydrogen) atoms. The molecular formula is C17H9ClF3NO2. The van der Waals surface area contributed by atoms with Crippen LogP contribution in [0.3, 0.4) is 0 Å². The summed E-state index contributed by atoms with van der Waals surface area (Å²) in [6.07, 6.45) is 0. The van der Waals surface area contributed by atoms with Crippen LogP contribution in [-0.4, -0.2) is 18.1 Å². The lowest BCUT2D eigenvalue weighted by Crippen LogP contribution is -2.04. The third kappa shape index (κ3) is 2.80. The molecule has 0 atom stereocenters. The Morgan fingerprint density at radius 2 is 1.83 bits per heavy atom. The molecule has 0 unspecified atom stereocenters. The Morgan fingerprint density at radius 1 is 1.08 bits per heavy atom. The minimum absolute atomic E-state index is 0.107. The standard InChI is InChI=1S/C17H9ClF3NO2/c1-24-17(23)11-6-9(19)5-10-12(18)7-15(22-16(10)11)8-2-3-13(20)14(21)4-8/h2-7H,1H3. The zero-order valence-electron chi connectivity index (χ0n) is 12.2. The monoisotopic (exact) mass is 351 g/mol. The number of benzene rings is 2. The van der Waals surface area contributed by atoms with Crippen LogP contribution >= 0.6 is 11.6 Å². The van der Waals surface area contributed by atoms with Crippen LogP contribution in [0.15, 0.2) is 36.4 Å². The third-order valence-electron chi connectivity index (χ3n) is 3.45. The first-order valence-corrected chi connectivity index (χ1v) is 7.12. The topological polar surface area (TPSA) is 39.2 Å².